The van der Waals surface area contributed by atoms with Crippen molar-refractivity contribution in [2.24, 2.45) is 0 Å². The van der Waals surface area contributed by atoms with Gasteiger partial charge >= 0.3 is 0 Å². The molecule has 2 saturated carbocycles. The molecule has 152 valence electrons. The van der Waals surface area contributed by atoms with Crippen molar-refractivity contribution < 1.29 is 4.79 Å². The van der Waals surface area contributed by atoms with E-state index in [9.17, 15) is 9.59 Å². The zero-order valence-electron chi connectivity index (χ0n) is 16.9. The number of hydrogen-bond donors (Lipinski definition) is 2. The second-order valence-corrected chi connectivity index (χ2v) is 10.2. The van der Waals surface area contributed by atoms with Gasteiger partial charge in [-0.3, -0.25) is 9.59 Å². The number of H-pyrrole nitrogens is 1. The standard InChI is InChI=1S/C24H28N2O2S/c1-14-12-16(4-10-22(14)29-18-6-7-18)20(13-17-5-11-23(27)25-17)21-9-8-19(15-2-3-15)24(28)26-21/h4,8-10,12,15,17-18,20H,2-3,5-7,11,13H2,1H3,(H,25,27)(H,26,28)/t17-,20?/m1/s1. The zero-order chi connectivity index (χ0) is 20.0. The van der Waals surface area contributed by atoms with Gasteiger partial charge < -0.3 is 10.3 Å². The molecule has 5 rings (SSSR count). The zero-order valence-corrected chi connectivity index (χ0v) is 17.7. The SMILES string of the molecule is Cc1cc(C(C[C@H]2CCC(=O)N2)c2ccc(C3CC3)c(=O)[nH]2)ccc1SC1CC1. The smallest absolute Gasteiger partial charge is 0.251 e. The maximum absolute atomic E-state index is 12.7. The predicted octanol–water partition coefficient (Wildman–Crippen LogP) is 4.62. The molecular formula is C24H28N2O2S. The van der Waals surface area contributed by atoms with Gasteiger partial charge in [-0.1, -0.05) is 18.2 Å². The van der Waals surface area contributed by atoms with Crippen LogP contribution < -0.4 is 10.9 Å². The topological polar surface area (TPSA) is 62.0 Å². The first-order valence-corrected chi connectivity index (χ1v) is 11.7. The number of benzene rings is 1. The van der Waals surface area contributed by atoms with Crippen LogP contribution >= 0.6 is 11.8 Å². The van der Waals surface area contributed by atoms with Crippen molar-refractivity contribution >= 4 is 17.7 Å². The summed E-state index contributed by atoms with van der Waals surface area (Å²) in [5.74, 6) is 0.665. The summed E-state index contributed by atoms with van der Waals surface area (Å²) in [5.41, 5.74) is 4.47. The fourth-order valence-corrected chi connectivity index (χ4v) is 5.51. The van der Waals surface area contributed by atoms with Crippen molar-refractivity contribution in [3.8, 4) is 0 Å². The first-order chi connectivity index (χ1) is 14.1. The van der Waals surface area contributed by atoms with Gasteiger partial charge in [-0.2, -0.15) is 0 Å². The van der Waals surface area contributed by atoms with E-state index in [2.05, 4.69) is 41.5 Å². The number of aryl methyl sites for hydroxylation is 1. The Bertz CT molecular complexity index is 991. The van der Waals surface area contributed by atoms with Crippen molar-refractivity contribution in [1.29, 1.82) is 0 Å². The van der Waals surface area contributed by atoms with Crippen LogP contribution in [0.5, 0.6) is 0 Å². The summed E-state index contributed by atoms with van der Waals surface area (Å²) >= 11 is 1.99. The molecule has 3 aliphatic rings. The summed E-state index contributed by atoms with van der Waals surface area (Å²) in [6.07, 6.45) is 7.19. The number of pyridine rings is 1. The molecule has 1 amide bonds. The van der Waals surface area contributed by atoms with E-state index in [-0.39, 0.29) is 23.4 Å². The lowest BCUT2D eigenvalue weighted by Crippen LogP contribution is -2.28. The summed E-state index contributed by atoms with van der Waals surface area (Å²) in [6.45, 7) is 2.18. The Balaban J connectivity index is 1.46. The van der Waals surface area contributed by atoms with Gasteiger partial charge in [-0.25, -0.2) is 0 Å². The van der Waals surface area contributed by atoms with Gasteiger partial charge in [0.25, 0.3) is 5.56 Å². The molecule has 4 nitrogen and oxygen atoms in total. The first-order valence-electron chi connectivity index (χ1n) is 10.9. The van der Waals surface area contributed by atoms with Crippen LogP contribution in [0.4, 0.5) is 0 Å². The van der Waals surface area contributed by atoms with Crippen LogP contribution in [0.3, 0.4) is 0 Å². The van der Waals surface area contributed by atoms with Crippen molar-refractivity contribution in [2.75, 3.05) is 0 Å². The molecule has 1 aromatic carbocycles. The number of hydrogen-bond acceptors (Lipinski definition) is 3. The Kier molecular flexibility index (Phi) is 5.02. The van der Waals surface area contributed by atoms with Gasteiger partial charge in [0.1, 0.15) is 0 Å². The third-order valence-electron chi connectivity index (χ3n) is 6.38. The van der Waals surface area contributed by atoms with Crippen molar-refractivity contribution in [1.82, 2.24) is 10.3 Å². The van der Waals surface area contributed by atoms with Gasteiger partial charge in [0.05, 0.1) is 0 Å². The highest BCUT2D eigenvalue weighted by Crippen LogP contribution is 2.42. The van der Waals surface area contributed by atoms with E-state index in [0.717, 1.165) is 42.2 Å². The number of aromatic nitrogens is 1. The molecule has 3 fully saturated rings. The van der Waals surface area contributed by atoms with Crippen LogP contribution in [-0.4, -0.2) is 22.2 Å². The van der Waals surface area contributed by atoms with Crippen molar-refractivity contribution in [3.63, 3.8) is 0 Å². The minimum absolute atomic E-state index is 0.0584. The number of aromatic amines is 1. The Labute approximate surface area is 175 Å². The lowest BCUT2D eigenvalue weighted by atomic mass is 9.87. The normalized spacial score (nSPS) is 22.5. The van der Waals surface area contributed by atoms with E-state index in [1.807, 2.05) is 17.8 Å². The number of carbonyl (C=O) groups is 1. The average molecular weight is 409 g/mol. The number of amides is 1. The third kappa shape index (κ3) is 4.30. The maximum atomic E-state index is 12.7. The lowest BCUT2D eigenvalue weighted by Gasteiger charge is -2.23. The van der Waals surface area contributed by atoms with Crippen LogP contribution in [-0.2, 0) is 4.79 Å². The van der Waals surface area contributed by atoms with Crippen LogP contribution in [0.1, 0.15) is 79.2 Å². The average Bonchev–Trinajstić information content (AvgIpc) is 3.62. The highest BCUT2D eigenvalue weighted by Gasteiger charge is 2.29. The van der Waals surface area contributed by atoms with Gasteiger partial charge in [0.15, 0.2) is 0 Å². The van der Waals surface area contributed by atoms with Crippen LogP contribution in [0.2, 0.25) is 0 Å². The molecule has 2 aromatic rings. The maximum Gasteiger partial charge on any atom is 0.251 e. The molecule has 2 atom stereocenters. The summed E-state index contributed by atoms with van der Waals surface area (Å²) in [7, 11) is 0. The van der Waals surface area contributed by atoms with E-state index in [1.54, 1.807) is 0 Å². The predicted molar refractivity (Wildman–Crippen MR) is 117 cm³/mol. The van der Waals surface area contributed by atoms with E-state index in [0.29, 0.717) is 12.3 Å². The van der Waals surface area contributed by atoms with E-state index >= 15 is 0 Å². The summed E-state index contributed by atoms with van der Waals surface area (Å²) in [5, 5.41) is 3.89. The van der Waals surface area contributed by atoms with Gasteiger partial charge in [-0.15, -0.1) is 11.8 Å². The Morgan fingerprint density at radius 1 is 1.07 bits per heavy atom. The highest BCUT2D eigenvalue weighted by atomic mass is 32.2. The molecule has 0 bridgehead atoms. The Hall–Kier alpha value is -2.01. The molecular weight excluding hydrogens is 380 g/mol. The second-order valence-electron chi connectivity index (χ2n) is 8.91. The van der Waals surface area contributed by atoms with E-state index in [1.165, 1.54) is 28.9 Å². The quantitative estimate of drug-likeness (QED) is 0.703. The molecule has 1 aliphatic heterocycles. The molecule has 0 spiro atoms. The van der Waals surface area contributed by atoms with E-state index in [4.69, 9.17) is 0 Å². The minimum atomic E-state index is 0.0584. The summed E-state index contributed by atoms with van der Waals surface area (Å²) in [6, 6.07) is 11.0. The first kappa shape index (κ1) is 19.0. The monoisotopic (exact) mass is 408 g/mol. The van der Waals surface area contributed by atoms with Crippen LogP contribution in [0, 0.1) is 6.92 Å². The minimum Gasteiger partial charge on any atom is -0.353 e. The van der Waals surface area contributed by atoms with Gasteiger partial charge in [0.2, 0.25) is 5.91 Å². The van der Waals surface area contributed by atoms with Crippen LogP contribution in [0.25, 0.3) is 0 Å². The second kappa shape index (κ2) is 7.67. The summed E-state index contributed by atoms with van der Waals surface area (Å²) < 4.78 is 0. The Morgan fingerprint density at radius 3 is 2.52 bits per heavy atom. The number of carbonyl (C=O) groups excluding carboxylic acids is 1. The molecule has 0 radical (unpaired) electrons. The van der Waals surface area contributed by atoms with Gasteiger partial charge in [-0.05, 0) is 74.6 Å². The largest absolute Gasteiger partial charge is 0.353 e. The lowest BCUT2D eigenvalue weighted by molar-refractivity contribution is -0.119. The van der Waals surface area contributed by atoms with E-state index < -0.39 is 0 Å². The fraction of sp³-hybridized carbons (Fsp3) is 0.500. The molecule has 5 heteroatoms. The van der Waals surface area contributed by atoms with Crippen LogP contribution in [0.15, 0.2) is 40.0 Å². The van der Waals surface area contributed by atoms with Crippen molar-refractivity contribution in [3.05, 3.63) is 63.1 Å². The van der Waals surface area contributed by atoms with Crippen molar-refractivity contribution in [2.45, 2.75) is 79.9 Å². The molecule has 2 heterocycles. The number of nitrogens with one attached hydrogen (secondary N) is 2. The molecule has 1 aromatic heterocycles. The number of thioether (sulfide) groups is 1. The molecule has 1 unspecified atom stereocenters. The fourth-order valence-electron chi connectivity index (χ4n) is 4.39. The molecule has 2 N–H and O–H groups in total. The van der Waals surface area contributed by atoms with Gasteiger partial charge in [0, 0.05) is 39.8 Å². The molecule has 29 heavy (non-hydrogen) atoms. The number of rotatable bonds is 7. The third-order valence-corrected chi connectivity index (χ3v) is 7.90. The Morgan fingerprint density at radius 2 is 1.90 bits per heavy atom. The summed E-state index contributed by atoms with van der Waals surface area (Å²) in [4.78, 5) is 28.9. The molecule has 2 aliphatic carbocycles. The highest BCUT2D eigenvalue weighted by molar-refractivity contribution is 8.00. The molecule has 1 saturated heterocycles.